The van der Waals surface area contributed by atoms with Gasteiger partial charge in [-0.2, -0.15) is 11.8 Å². The lowest BCUT2D eigenvalue weighted by Crippen LogP contribution is -2.45. The minimum absolute atomic E-state index is 0.0882. The average molecular weight is 174 g/mol. The van der Waals surface area contributed by atoms with E-state index in [0.717, 1.165) is 24.6 Å². The fourth-order valence-electron chi connectivity index (χ4n) is 1.07. The molecule has 0 aliphatic carbocycles. The lowest BCUT2D eigenvalue weighted by Gasteiger charge is -2.27. The van der Waals surface area contributed by atoms with Crippen molar-refractivity contribution in [3.63, 3.8) is 0 Å². The van der Waals surface area contributed by atoms with Gasteiger partial charge in [0.05, 0.1) is 6.04 Å². The Kier molecular flexibility index (Phi) is 3.20. The number of rotatable bonds is 1. The van der Waals surface area contributed by atoms with Gasteiger partial charge in [-0.1, -0.05) is 0 Å². The van der Waals surface area contributed by atoms with E-state index in [1.165, 1.54) is 0 Å². The Morgan fingerprint density at radius 1 is 1.55 bits per heavy atom. The van der Waals surface area contributed by atoms with E-state index in [9.17, 15) is 4.79 Å². The van der Waals surface area contributed by atoms with Crippen LogP contribution in [0.2, 0.25) is 0 Å². The number of nitrogens with two attached hydrogens (primary N) is 1. The molecule has 1 amide bonds. The molecule has 1 saturated heterocycles. The number of thioether (sulfide) groups is 1. The number of amides is 1. The van der Waals surface area contributed by atoms with Gasteiger partial charge in [0.2, 0.25) is 5.91 Å². The summed E-state index contributed by atoms with van der Waals surface area (Å²) in [6.07, 6.45) is 0. The summed E-state index contributed by atoms with van der Waals surface area (Å²) >= 11 is 1.89. The van der Waals surface area contributed by atoms with E-state index in [4.69, 9.17) is 5.73 Å². The summed E-state index contributed by atoms with van der Waals surface area (Å²) in [5, 5.41) is 0. The van der Waals surface area contributed by atoms with E-state index in [1.807, 2.05) is 16.7 Å². The number of nitrogens with zero attached hydrogens (tertiary/aromatic N) is 1. The standard InChI is InChI=1S/C7H14N2OS/c1-6(8)7(10)9-2-4-11-5-3-9/h6H,2-5,8H2,1H3/t6-/m0/s1. The van der Waals surface area contributed by atoms with Crippen LogP contribution in [0, 0.1) is 0 Å². The SMILES string of the molecule is C[C@H](N)C(=O)N1CCSCC1. The first kappa shape index (κ1) is 8.87. The van der Waals surface area contributed by atoms with Crippen LogP contribution in [0.15, 0.2) is 0 Å². The Morgan fingerprint density at radius 3 is 2.55 bits per heavy atom. The van der Waals surface area contributed by atoms with Crippen molar-refractivity contribution in [2.75, 3.05) is 24.6 Å². The van der Waals surface area contributed by atoms with Crippen LogP contribution in [0.4, 0.5) is 0 Å². The van der Waals surface area contributed by atoms with Crippen molar-refractivity contribution in [3.05, 3.63) is 0 Å². The molecule has 1 atom stereocenters. The predicted octanol–water partition coefficient (Wildman–Crippen LogP) is -0.0910. The van der Waals surface area contributed by atoms with Crippen LogP contribution in [0.3, 0.4) is 0 Å². The molecule has 64 valence electrons. The Balaban J connectivity index is 2.39. The minimum Gasteiger partial charge on any atom is -0.340 e. The highest BCUT2D eigenvalue weighted by atomic mass is 32.2. The third-order valence-electron chi connectivity index (χ3n) is 1.71. The molecule has 0 saturated carbocycles. The molecule has 1 aliphatic heterocycles. The second kappa shape index (κ2) is 3.97. The zero-order valence-corrected chi connectivity index (χ0v) is 7.56. The first-order valence-electron chi connectivity index (χ1n) is 3.84. The average Bonchev–Trinajstić information content (AvgIpc) is 2.05. The fraction of sp³-hybridized carbons (Fsp3) is 0.857. The molecule has 0 aromatic rings. The fourth-order valence-corrected chi connectivity index (χ4v) is 1.97. The van der Waals surface area contributed by atoms with Gasteiger partial charge in [-0.25, -0.2) is 0 Å². The molecule has 11 heavy (non-hydrogen) atoms. The summed E-state index contributed by atoms with van der Waals surface area (Å²) in [7, 11) is 0. The summed E-state index contributed by atoms with van der Waals surface area (Å²) in [5.41, 5.74) is 5.47. The van der Waals surface area contributed by atoms with E-state index >= 15 is 0 Å². The quantitative estimate of drug-likeness (QED) is 0.604. The monoisotopic (exact) mass is 174 g/mol. The third-order valence-corrected chi connectivity index (χ3v) is 2.65. The van der Waals surface area contributed by atoms with Crippen molar-refractivity contribution in [2.24, 2.45) is 5.73 Å². The second-order valence-corrected chi connectivity index (χ2v) is 3.95. The van der Waals surface area contributed by atoms with Gasteiger partial charge < -0.3 is 10.6 Å². The first-order chi connectivity index (χ1) is 5.22. The molecule has 0 bridgehead atoms. The molecule has 0 radical (unpaired) electrons. The van der Waals surface area contributed by atoms with Gasteiger partial charge in [-0.15, -0.1) is 0 Å². The summed E-state index contributed by atoms with van der Waals surface area (Å²) in [6, 6.07) is -0.335. The maximum Gasteiger partial charge on any atom is 0.239 e. The van der Waals surface area contributed by atoms with E-state index in [-0.39, 0.29) is 11.9 Å². The topological polar surface area (TPSA) is 46.3 Å². The number of carbonyl (C=O) groups excluding carboxylic acids is 1. The molecule has 1 aliphatic rings. The summed E-state index contributed by atoms with van der Waals surface area (Å²) in [6.45, 7) is 3.47. The Hall–Kier alpha value is -0.220. The molecule has 1 rings (SSSR count). The lowest BCUT2D eigenvalue weighted by molar-refractivity contribution is -0.131. The van der Waals surface area contributed by atoms with Crippen LogP contribution in [-0.2, 0) is 4.79 Å². The molecule has 0 spiro atoms. The van der Waals surface area contributed by atoms with Crippen LogP contribution in [0.5, 0.6) is 0 Å². The maximum absolute atomic E-state index is 11.3. The molecule has 4 heteroatoms. The van der Waals surface area contributed by atoms with Crippen LogP contribution in [0.1, 0.15) is 6.92 Å². The van der Waals surface area contributed by atoms with Crippen LogP contribution < -0.4 is 5.73 Å². The highest BCUT2D eigenvalue weighted by molar-refractivity contribution is 7.99. The van der Waals surface area contributed by atoms with E-state index < -0.39 is 0 Å². The Morgan fingerprint density at radius 2 is 2.09 bits per heavy atom. The highest BCUT2D eigenvalue weighted by Gasteiger charge is 2.18. The zero-order chi connectivity index (χ0) is 8.27. The normalized spacial score (nSPS) is 21.5. The minimum atomic E-state index is -0.335. The van der Waals surface area contributed by atoms with Gasteiger partial charge in [-0.3, -0.25) is 4.79 Å². The number of hydrogen-bond acceptors (Lipinski definition) is 3. The number of carbonyl (C=O) groups is 1. The maximum atomic E-state index is 11.3. The van der Waals surface area contributed by atoms with Crippen LogP contribution in [-0.4, -0.2) is 41.4 Å². The predicted molar refractivity (Wildman–Crippen MR) is 47.6 cm³/mol. The zero-order valence-electron chi connectivity index (χ0n) is 6.75. The second-order valence-electron chi connectivity index (χ2n) is 2.73. The van der Waals surface area contributed by atoms with Gasteiger partial charge in [0.1, 0.15) is 0 Å². The van der Waals surface area contributed by atoms with Gasteiger partial charge in [0, 0.05) is 24.6 Å². The van der Waals surface area contributed by atoms with Crippen molar-refractivity contribution in [1.82, 2.24) is 4.90 Å². The summed E-state index contributed by atoms with van der Waals surface area (Å²) < 4.78 is 0. The molecule has 1 heterocycles. The molecule has 0 aromatic carbocycles. The van der Waals surface area contributed by atoms with E-state index in [2.05, 4.69) is 0 Å². The molecule has 0 aromatic heterocycles. The highest BCUT2D eigenvalue weighted by Crippen LogP contribution is 2.09. The van der Waals surface area contributed by atoms with Gasteiger partial charge in [0.15, 0.2) is 0 Å². The van der Waals surface area contributed by atoms with Gasteiger partial charge in [-0.05, 0) is 6.92 Å². The van der Waals surface area contributed by atoms with Crippen molar-refractivity contribution >= 4 is 17.7 Å². The largest absolute Gasteiger partial charge is 0.340 e. The Labute approximate surface area is 71.3 Å². The molecule has 1 fully saturated rings. The Bertz CT molecular complexity index is 143. The van der Waals surface area contributed by atoms with Gasteiger partial charge in [0.25, 0.3) is 0 Å². The van der Waals surface area contributed by atoms with Crippen molar-refractivity contribution in [1.29, 1.82) is 0 Å². The van der Waals surface area contributed by atoms with E-state index in [1.54, 1.807) is 6.92 Å². The summed E-state index contributed by atoms with van der Waals surface area (Å²) in [4.78, 5) is 13.1. The third kappa shape index (κ3) is 2.38. The van der Waals surface area contributed by atoms with Crippen molar-refractivity contribution < 1.29 is 4.79 Å². The van der Waals surface area contributed by atoms with Crippen molar-refractivity contribution in [2.45, 2.75) is 13.0 Å². The molecule has 2 N–H and O–H groups in total. The van der Waals surface area contributed by atoms with Gasteiger partial charge >= 0.3 is 0 Å². The molecule has 0 unspecified atom stereocenters. The molecular formula is C7H14N2OS. The first-order valence-corrected chi connectivity index (χ1v) is 4.99. The lowest BCUT2D eigenvalue weighted by atomic mass is 10.3. The number of hydrogen-bond donors (Lipinski definition) is 1. The van der Waals surface area contributed by atoms with Crippen LogP contribution in [0.25, 0.3) is 0 Å². The van der Waals surface area contributed by atoms with Crippen LogP contribution >= 0.6 is 11.8 Å². The summed E-state index contributed by atoms with van der Waals surface area (Å²) in [5.74, 6) is 2.20. The van der Waals surface area contributed by atoms with Crippen molar-refractivity contribution in [3.8, 4) is 0 Å². The smallest absolute Gasteiger partial charge is 0.239 e. The molecular weight excluding hydrogens is 160 g/mol. The molecule has 3 nitrogen and oxygen atoms in total. The van der Waals surface area contributed by atoms with E-state index in [0.29, 0.717) is 0 Å².